The van der Waals surface area contributed by atoms with Crippen molar-refractivity contribution in [1.82, 2.24) is 0 Å². The lowest BCUT2D eigenvalue weighted by molar-refractivity contribution is 0.580. The van der Waals surface area contributed by atoms with Gasteiger partial charge in [0, 0.05) is 19.8 Å². The normalized spacial score (nSPS) is 11.8. The molecule has 1 rings (SSSR count). The lowest BCUT2D eigenvalue weighted by Gasteiger charge is -2.31. The fourth-order valence-corrected chi connectivity index (χ4v) is 3.09. The van der Waals surface area contributed by atoms with E-state index < -0.39 is 0 Å². The third-order valence-corrected chi connectivity index (χ3v) is 3.78. The number of hydrogen-bond donors (Lipinski definition) is 0. The van der Waals surface area contributed by atoms with Crippen molar-refractivity contribution in [2.24, 2.45) is 0 Å². The average molecular weight is 233 g/mol. The second-order valence-corrected chi connectivity index (χ2v) is 6.37. The molecule has 0 saturated heterocycles. The van der Waals surface area contributed by atoms with E-state index in [0.717, 1.165) is 0 Å². The van der Waals surface area contributed by atoms with Crippen LogP contribution >= 0.6 is 0 Å². The summed E-state index contributed by atoms with van der Waals surface area (Å²) < 4.78 is 0. The van der Waals surface area contributed by atoms with Crippen LogP contribution in [-0.4, -0.2) is 14.1 Å². The molecular weight excluding hydrogens is 206 g/mol. The summed E-state index contributed by atoms with van der Waals surface area (Å²) in [6, 6.07) is 0. The fourth-order valence-electron chi connectivity index (χ4n) is 3.09. The van der Waals surface area contributed by atoms with Crippen LogP contribution in [-0.2, 0) is 5.41 Å². The molecule has 1 aromatic carbocycles. The van der Waals surface area contributed by atoms with Gasteiger partial charge in [-0.1, -0.05) is 20.8 Å². The summed E-state index contributed by atoms with van der Waals surface area (Å²) in [5.41, 5.74) is 8.85. The van der Waals surface area contributed by atoms with E-state index in [-0.39, 0.29) is 5.41 Å². The lowest BCUT2D eigenvalue weighted by atomic mass is 9.77. The highest BCUT2D eigenvalue weighted by molar-refractivity contribution is 5.66. The third kappa shape index (κ3) is 2.34. The first-order chi connectivity index (χ1) is 7.59. The number of rotatable bonds is 1. The van der Waals surface area contributed by atoms with Crippen LogP contribution in [0.2, 0.25) is 0 Å². The number of nitrogens with zero attached hydrogens (tertiary/aromatic N) is 1. The zero-order valence-corrected chi connectivity index (χ0v) is 12.9. The summed E-state index contributed by atoms with van der Waals surface area (Å²) in [6.45, 7) is 15.9. The maximum atomic E-state index is 2.30. The zero-order valence-electron chi connectivity index (χ0n) is 12.9. The summed E-state index contributed by atoms with van der Waals surface area (Å²) >= 11 is 0. The van der Waals surface area contributed by atoms with E-state index in [2.05, 4.69) is 67.5 Å². The molecule has 1 nitrogen and oxygen atoms in total. The quantitative estimate of drug-likeness (QED) is 0.699. The van der Waals surface area contributed by atoms with Gasteiger partial charge in [-0.15, -0.1) is 0 Å². The van der Waals surface area contributed by atoms with Gasteiger partial charge < -0.3 is 4.90 Å². The third-order valence-electron chi connectivity index (χ3n) is 3.78. The molecule has 96 valence electrons. The summed E-state index contributed by atoms with van der Waals surface area (Å²) in [6.07, 6.45) is 0. The Morgan fingerprint density at radius 2 is 1.06 bits per heavy atom. The van der Waals surface area contributed by atoms with E-state index in [1.54, 1.807) is 0 Å². The monoisotopic (exact) mass is 233 g/mol. The Hall–Kier alpha value is -0.980. The van der Waals surface area contributed by atoms with E-state index >= 15 is 0 Å². The van der Waals surface area contributed by atoms with Crippen molar-refractivity contribution in [1.29, 1.82) is 0 Å². The number of hydrogen-bond acceptors (Lipinski definition) is 1. The molecular formula is C16H27N. The highest BCUT2D eigenvalue weighted by Crippen LogP contribution is 2.38. The molecule has 1 aromatic rings. The van der Waals surface area contributed by atoms with E-state index in [1.807, 2.05) is 0 Å². The Balaban J connectivity index is 3.71. The molecule has 0 N–H and O–H groups in total. The zero-order chi connectivity index (χ0) is 13.5. The Kier molecular flexibility index (Phi) is 3.61. The second kappa shape index (κ2) is 4.36. The molecule has 0 unspecified atom stereocenters. The number of benzene rings is 1. The van der Waals surface area contributed by atoms with Crippen LogP contribution in [0, 0.1) is 27.7 Å². The molecule has 0 radical (unpaired) electrons. The van der Waals surface area contributed by atoms with Crippen molar-refractivity contribution >= 4 is 5.69 Å². The summed E-state index contributed by atoms with van der Waals surface area (Å²) in [4.78, 5) is 2.23. The smallest absolute Gasteiger partial charge is 0.0425 e. The Labute approximate surface area is 107 Å². The van der Waals surface area contributed by atoms with Gasteiger partial charge in [0.2, 0.25) is 0 Å². The molecule has 0 atom stereocenters. The SMILES string of the molecule is Cc1c(C)c(C(C)(C)C)c(C)c(C)c1N(C)C. The molecule has 0 amide bonds. The van der Waals surface area contributed by atoms with Crippen LogP contribution < -0.4 is 4.90 Å². The number of anilines is 1. The van der Waals surface area contributed by atoms with Crippen molar-refractivity contribution in [3.05, 3.63) is 27.8 Å². The van der Waals surface area contributed by atoms with Crippen molar-refractivity contribution in [3.8, 4) is 0 Å². The topological polar surface area (TPSA) is 3.24 Å². The maximum Gasteiger partial charge on any atom is 0.0425 e. The first-order valence-corrected chi connectivity index (χ1v) is 6.37. The molecule has 0 aliphatic heterocycles. The largest absolute Gasteiger partial charge is 0.377 e. The Bertz CT molecular complexity index is 405. The van der Waals surface area contributed by atoms with E-state index in [9.17, 15) is 0 Å². The molecule has 17 heavy (non-hydrogen) atoms. The van der Waals surface area contributed by atoms with Gasteiger partial charge in [-0.25, -0.2) is 0 Å². The molecule has 0 bridgehead atoms. The second-order valence-electron chi connectivity index (χ2n) is 6.37. The lowest BCUT2D eigenvalue weighted by Crippen LogP contribution is -2.20. The molecule has 0 aliphatic rings. The Morgan fingerprint density at radius 3 is 1.29 bits per heavy atom. The first-order valence-electron chi connectivity index (χ1n) is 6.37. The maximum absolute atomic E-state index is 2.30. The summed E-state index contributed by atoms with van der Waals surface area (Å²) in [5, 5.41) is 0. The van der Waals surface area contributed by atoms with Crippen molar-refractivity contribution in [2.75, 3.05) is 19.0 Å². The van der Waals surface area contributed by atoms with E-state index in [4.69, 9.17) is 0 Å². The van der Waals surface area contributed by atoms with Crippen molar-refractivity contribution < 1.29 is 0 Å². The minimum absolute atomic E-state index is 0.217. The van der Waals surface area contributed by atoms with Crippen molar-refractivity contribution in [2.45, 2.75) is 53.9 Å². The minimum Gasteiger partial charge on any atom is -0.377 e. The molecule has 0 fully saturated rings. The summed E-state index contributed by atoms with van der Waals surface area (Å²) in [5.74, 6) is 0. The molecule has 0 saturated carbocycles. The minimum atomic E-state index is 0.217. The van der Waals surface area contributed by atoms with Gasteiger partial charge in [0.15, 0.2) is 0 Å². The van der Waals surface area contributed by atoms with Crippen LogP contribution in [0.1, 0.15) is 48.6 Å². The highest BCUT2D eigenvalue weighted by atomic mass is 15.1. The van der Waals surface area contributed by atoms with E-state index in [1.165, 1.54) is 33.5 Å². The first kappa shape index (κ1) is 14.1. The predicted molar refractivity (Wildman–Crippen MR) is 78.4 cm³/mol. The molecule has 0 aliphatic carbocycles. The van der Waals surface area contributed by atoms with Gasteiger partial charge in [-0.05, 0) is 60.9 Å². The van der Waals surface area contributed by atoms with Gasteiger partial charge in [0.25, 0.3) is 0 Å². The van der Waals surface area contributed by atoms with Crippen LogP contribution in [0.15, 0.2) is 0 Å². The fraction of sp³-hybridized carbons (Fsp3) is 0.625. The molecule has 0 heterocycles. The van der Waals surface area contributed by atoms with Gasteiger partial charge in [-0.2, -0.15) is 0 Å². The summed E-state index contributed by atoms with van der Waals surface area (Å²) in [7, 11) is 4.26. The van der Waals surface area contributed by atoms with Crippen LogP contribution in [0.25, 0.3) is 0 Å². The van der Waals surface area contributed by atoms with Crippen LogP contribution in [0.5, 0.6) is 0 Å². The van der Waals surface area contributed by atoms with Crippen LogP contribution in [0.4, 0.5) is 5.69 Å². The van der Waals surface area contributed by atoms with Gasteiger partial charge in [-0.3, -0.25) is 0 Å². The van der Waals surface area contributed by atoms with Gasteiger partial charge in [0.1, 0.15) is 0 Å². The molecule has 0 aromatic heterocycles. The van der Waals surface area contributed by atoms with Crippen LogP contribution in [0.3, 0.4) is 0 Å². The molecule has 1 heteroatoms. The van der Waals surface area contributed by atoms with Crippen molar-refractivity contribution in [3.63, 3.8) is 0 Å². The predicted octanol–water partition coefficient (Wildman–Crippen LogP) is 4.28. The standard InChI is InChI=1S/C16H27N/c1-10-12(3)15(17(8)9)13(4)11(2)14(10)16(5,6)7/h1-9H3. The Morgan fingerprint density at radius 1 is 0.706 bits per heavy atom. The molecule has 0 spiro atoms. The van der Waals surface area contributed by atoms with Gasteiger partial charge >= 0.3 is 0 Å². The van der Waals surface area contributed by atoms with Gasteiger partial charge in [0.05, 0.1) is 0 Å². The van der Waals surface area contributed by atoms with E-state index in [0.29, 0.717) is 0 Å². The average Bonchev–Trinajstić information content (AvgIpc) is 2.12. The highest BCUT2D eigenvalue weighted by Gasteiger charge is 2.23.